The van der Waals surface area contributed by atoms with Gasteiger partial charge in [0.2, 0.25) is 0 Å². The highest BCUT2D eigenvalue weighted by Gasteiger charge is 2.51. The smallest absolute Gasteiger partial charge is 0.0464 e. The van der Waals surface area contributed by atoms with Crippen LogP contribution in [0, 0.1) is 17.8 Å². The summed E-state index contributed by atoms with van der Waals surface area (Å²) >= 11 is 0. The monoisotopic (exact) mass is 581 g/mol. The second kappa shape index (κ2) is 10.8. The molecule has 4 fully saturated rings. The van der Waals surface area contributed by atoms with E-state index in [-0.39, 0.29) is 0 Å². The van der Waals surface area contributed by atoms with Crippen molar-refractivity contribution < 1.29 is 0 Å². The summed E-state index contributed by atoms with van der Waals surface area (Å²) in [7, 11) is 0. The van der Waals surface area contributed by atoms with Gasteiger partial charge in [-0.1, -0.05) is 109 Å². The Morgan fingerprint density at radius 3 is 1.69 bits per heavy atom. The fraction of sp³-hybridized carbons (Fsp3) is 0.227. The molecule has 0 N–H and O–H groups in total. The second-order valence-corrected chi connectivity index (χ2v) is 14.1. The summed E-state index contributed by atoms with van der Waals surface area (Å²) in [4.78, 5) is 2.46. The maximum atomic E-state index is 2.54. The Balaban J connectivity index is 1.13. The molecule has 45 heavy (non-hydrogen) atoms. The van der Waals surface area contributed by atoms with Crippen LogP contribution in [0.2, 0.25) is 0 Å². The molecule has 4 saturated carbocycles. The minimum absolute atomic E-state index is 0.367. The molecule has 0 aliphatic heterocycles. The molecule has 4 aliphatic carbocycles. The summed E-state index contributed by atoms with van der Waals surface area (Å²) in [6.45, 7) is 0. The van der Waals surface area contributed by atoms with Crippen molar-refractivity contribution in [3.05, 3.63) is 151 Å². The number of hydrogen-bond donors (Lipinski definition) is 0. The van der Waals surface area contributed by atoms with E-state index in [1.165, 1.54) is 88.6 Å². The van der Waals surface area contributed by atoms with E-state index in [2.05, 4.69) is 150 Å². The van der Waals surface area contributed by atoms with Gasteiger partial charge >= 0.3 is 0 Å². The number of nitrogens with zero attached hydrogens (tertiary/aromatic N) is 1. The van der Waals surface area contributed by atoms with E-state index in [0.29, 0.717) is 5.41 Å². The van der Waals surface area contributed by atoms with Gasteiger partial charge in [0, 0.05) is 17.1 Å². The van der Waals surface area contributed by atoms with E-state index >= 15 is 0 Å². The third-order valence-electron chi connectivity index (χ3n) is 11.2. The number of rotatable bonds is 6. The highest BCUT2D eigenvalue weighted by atomic mass is 15.1. The normalized spacial score (nSPS) is 23.3. The van der Waals surface area contributed by atoms with Gasteiger partial charge in [0.05, 0.1) is 0 Å². The van der Waals surface area contributed by atoms with Crippen LogP contribution in [0.1, 0.15) is 44.1 Å². The third-order valence-corrected chi connectivity index (χ3v) is 11.2. The predicted octanol–water partition coefficient (Wildman–Crippen LogP) is 12.1. The van der Waals surface area contributed by atoms with Gasteiger partial charge in [0.1, 0.15) is 0 Å². The van der Waals surface area contributed by atoms with Gasteiger partial charge in [-0.25, -0.2) is 0 Å². The summed E-state index contributed by atoms with van der Waals surface area (Å²) in [5.74, 6) is 2.80. The minimum atomic E-state index is 0.367. The lowest BCUT2D eigenvalue weighted by molar-refractivity contribution is -0.00516. The molecule has 10 rings (SSSR count). The summed E-state index contributed by atoms with van der Waals surface area (Å²) in [6, 6.07) is 53.9. The quantitative estimate of drug-likeness (QED) is 0.189. The molecule has 0 heterocycles. The fourth-order valence-electron chi connectivity index (χ4n) is 9.59. The second-order valence-electron chi connectivity index (χ2n) is 14.1. The van der Waals surface area contributed by atoms with Crippen molar-refractivity contribution in [2.24, 2.45) is 17.8 Å². The third kappa shape index (κ3) is 4.77. The fourth-order valence-corrected chi connectivity index (χ4v) is 9.59. The first-order chi connectivity index (χ1) is 22.2. The summed E-state index contributed by atoms with van der Waals surface area (Å²) < 4.78 is 0. The molecule has 4 aliphatic rings. The Hall–Kier alpha value is -4.62. The van der Waals surface area contributed by atoms with Gasteiger partial charge in [-0.2, -0.15) is 0 Å². The minimum Gasteiger partial charge on any atom is -0.310 e. The molecule has 1 nitrogen and oxygen atoms in total. The van der Waals surface area contributed by atoms with Crippen molar-refractivity contribution in [2.45, 2.75) is 43.9 Å². The van der Waals surface area contributed by atoms with E-state index in [1.807, 2.05) is 0 Å². The zero-order valence-electron chi connectivity index (χ0n) is 25.8. The molecule has 6 aromatic rings. The standard InChI is InChI=1S/C44H39N/c1-2-8-34(9-3-1)35-16-20-39(21-17-35)45(40-22-18-37(19-23-40)43-15-6-11-36-10-4-5-14-42(36)43)41-13-7-12-38(27-41)44-28-31-24-32(29-44)26-33(25-31)30-44/h1-23,27,31-33H,24-26,28-30H2. The van der Waals surface area contributed by atoms with Crippen LogP contribution in [0.25, 0.3) is 33.0 Å². The molecule has 0 saturated heterocycles. The summed E-state index contributed by atoms with van der Waals surface area (Å²) in [6.07, 6.45) is 8.57. The Morgan fingerprint density at radius 1 is 0.444 bits per heavy atom. The topological polar surface area (TPSA) is 3.24 Å². The lowest BCUT2D eigenvalue weighted by Crippen LogP contribution is -2.48. The van der Waals surface area contributed by atoms with Crippen molar-refractivity contribution in [3.63, 3.8) is 0 Å². The first-order valence-electron chi connectivity index (χ1n) is 16.9. The van der Waals surface area contributed by atoms with E-state index in [9.17, 15) is 0 Å². The average molecular weight is 582 g/mol. The van der Waals surface area contributed by atoms with Crippen molar-refractivity contribution in [2.75, 3.05) is 4.90 Å². The van der Waals surface area contributed by atoms with Gasteiger partial charge < -0.3 is 4.90 Å². The van der Waals surface area contributed by atoms with E-state index in [1.54, 1.807) is 5.56 Å². The van der Waals surface area contributed by atoms with Crippen LogP contribution in [0.4, 0.5) is 17.1 Å². The van der Waals surface area contributed by atoms with Crippen LogP contribution in [0.15, 0.2) is 146 Å². The highest BCUT2D eigenvalue weighted by molar-refractivity contribution is 5.97. The first kappa shape index (κ1) is 26.8. The SMILES string of the molecule is c1ccc(-c2ccc(N(c3ccc(-c4cccc5ccccc45)cc3)c3cccc(C45CC6CC(CC(C6)C4)C5)c3)cc2)cc1. The summed E-state index contributed by atoms with van der Waals surface area (Å²) in [5.41, 5.74) is 10.6. The molecule has 0 unspecified atom stereocenters. The largest absolute Gasteiger partial charge is 0.310 e. The number of benzene rings is 6. The van der Waals surface area contributed by atoms with E-state index in [0.717, 1.165) is 17.8 Å². The highest BCUT2D eigenvalue weighted by Crippen LogP contribution is 2.61. The van der Waals surface area contributed by atoms with E-state index < -0.39 is 0 Å². The van der Waals surface area contributed by atoms with Gasteiger partial charge in [-0.15, -0.1) is 0 Å². The Labute approximate surface area is 267 Å². The maximum absolute atomic E-state index is 2.54. The molecule has 6 aromatic carbocycles. The zero-order chi connectivity index (χ0) is 29.8. The summed E-state index contributed by atoms with van der Waals surface area (Å²) in [5, 5.41) is 2.57. The number of anilines is 3. The Bertz CT molecular complexity index is 1930. The molecule has 1 heteroatoms. The molecule has 0 radical (unpaired) electrons. The van der Waals surface area contributed by atoms with Crippen molar-refractivity contribution in [1.82, 2.24) is 0 Å². The van der Waals surface area contributed by atoms with Crippen molar-refractivity contribution in [3.8, 4) is 22.3 Å². The van der Waals surface area contributed by atoms with Crippen LogP contribution in [-0.4, -0.2) is 0 Å². The average Bonchev–Trinajstić information content (AvgIpc) is 3.09. The Morgan fingerprint density at radius 2 is 1.00 bits per heavy atom. The first-order valence-corrected chi connectivity index (χ1v) is 16.9. The van der Waals surface area contributed by atoms with Crippen molar-refractivity contribution >= 4 is 27.8 Å². The van der Waals surface area contributed by atoms with Gasteiger partial charge in [0.15, 0.2) is 0 Å². The molecule has 0 spiro atoms. The van der Waals surface area contributed by atoms with Crippen LogP contribution < -0.4 is 4.90 Å². The number of fused-ring (bicyclic) bond motifs is 1. The van der Waals surface area contributed by atoms with Crippen LogP contribution in [0.3, 0.4) is 0 Å². The molecular weight excluding hydrogens is 542 g/mol. The van der Waals surface area contributed by atoms with Gasteiger partial charge in [0.25, 0.3) is 0 Å². The van der Waals surface area contributed by atoms with Crippen LogP contribution >= 0.6 is 0 Å². The molecular formula is C44H39N. The van der Waals surface area contributed by atoms with Gasteiger partial charge in [-0.05, 0) is 137 Å². The number of hydrogen-bond acceptors (Lipinski definition) is 1. The van der Waals surface area contributed by atoms with Crippen LogP contribution in [-0.2, 0) is 5.41 Å². The maximum Gasteiger partial charge on any atom is 0.0464 e. The van der Waals surface area contributed by atoms with E-state index in [4.69, 9.17) is 0 Å². The lowest BCUT2D eigenvalue weighted by atomic mass is 9.48. The van der Waals surface area contributed by atoms with Crippen LogP contribution in [0.5, 0.6) is 0 Å². The van der Waals surface area contributed by atoms with Gasteiger partial charge in [-0.3, -0.25) is 0 Å². The Kier molecular flexibility index (Phi) is 6.40. The molecule has 0 aromatic heterocycles. The lowest BCUT2D eigenvalue weighted by Gasteiger charge is -2.57. The zero-order valence-corrected chi connectivity index (χ0v) is 25.8. The predicted molar refractivity (Wildman–Crippen MR) is 189 cm³/mol. The molecule has 4 bridgehead atoms. The molecule has 0 atom stereocenters. The molecule has 220 valence electrons. The molecule has 0 amide bonds. The van der Waals surface area contributed by atoms with Crippen molar-refractivity contribution in [1.29, 1.82) is 0 Å².